The van der Waals surface area contributed by atoms with Crippen LogP contribution in [0.1, 0.15) is 46.0 Å². The highest BCUT2D eigenvalue weighted by molar-refractivity contribution is 5.85. The smallest absolute Gasteiger partial charge is 0.248 e. The quantitative estimate of drug-likeness (QED) is 0.887. The first-order valence-electron chi connectivity index (χ1n) is 8.62. The fraction of sp³-hybridized carbons (Fsp3) is 0.765. The molecule has 2 heterocycles. The zero-order valence-electron chi connectivity index (χ0n) is 14.1. The molecule has 2 atom stereocenters. The molecule has 0 spiro atoms. The normalized spacial score (nSPS) is 30.3. The first-order chi connectivity index (χ1) is 10.6. The lowest BCUT2D eigenvalue weighted by molar-refractivity contribution is -0.133. The summed E-state index contributed by atoms with van der Waals surface area (Å²) in [6, 6.07) is 2.22. The van der Waals surface area contributed by atoms with Crippen molar-refractivity contribution in [2.45, 2.75) is 57.5 Å². The van der Waals surface area contributed by atoms with Gasteiger partial charge in [-0.2, -0.15) is 5.10 Å². The van der Waals surface area contributed by atoms with E-state index in [4.69, 9.17) is 0 Å². The van der Waals surface area contributed by atoms with Crippen molar-refractivity contribution in [2.24, 2.45) is 11.8 Å². The first-order valence-corrected chi connectivity index (χ1v) is 8.62. The summed E-state index contributed by atoms with van der Waals surface area (Å²) in [5.74, 6) is 1.55. The van der Waals surface area contributed by atoms with Gasteiger partial charge in [-0.05, 0) is 63.1 Å². The van der Waals surface area contributed by atoms with E-state index in [1.807, 2.05) is 16.9 Å². The van der Waals surface area contributed by atoms with Gasteiger partial charge in [-0.1, -0.05) is 13.8 Å². The van der Waals surface area contributed by atoms with Gasteiger partial charge in [0, 0.05) is 18.4 Å². The summed E-state index contributed by atoms with van der Waals surface area (Å²) in [4.78, 5) is 13.1. The molecule has 2 unspecified atom stereocenters. The summed E-state index contributed by atoms with van der Waals surface area (Å²) in [6.45, 7) is 6.32. The maximum Gasteiger partial charge on any atom is 0.248 e. The van der Waals surface area contributed by atoms with E-state index < -0.39 is 5.54 Å². The van der Waals surface area contributed by atoms with Crippen LogP contribution in [0.25, 0.3) is 0 Å². The second-order valence-corrected chi connectivity index (χ2v) is 7.32. The highest BCUT2D eigenvalue weighted by Crippen LogP contribution is 2.31. The third kappa shape index (κ3) is 3.89. The van der Waals surface area contributed by atoms with Crippen molar-refractivity contribution in [3.8, 4) is 0 Å². The topological polar surface area (TPSA) is 59.0 Å². The molecule has 2 N–H and O–H groups in total. The standard InChI is InChI=1S/C17H28N4O.ClH/c1-13-10-14(2)12-15(11-13)20-16(22)17(4-7-18-8-5-17)21-9-3-6-19-21;/h3,6,9,13-15,18H,4-5,7-8,10-12H2,1-2H3,(H,20,22);1H. The number of nitrogens with one attached hydrogen (secondary N) is 2. The van der Waals surface area contributed by atoms with Gasteiger partial charge in [-0.3, -0.25) is 9.48 Å². The summed E-state index contributed by atoms with van der Waals surface area (Å²) in [5, 5.41) is 11.1. The third-order valence-electron chi connectivity index (χ3n) is 5.31. The Morgan fingerprint density at radius 3 is 2.43 bits per heavy atom. The van der Waals surface area contributed by atoms with Gasteiger partial charge in [0.15, 0.2) is 0 Å². The number of hydrogen-bond acceptors (Lipinski definition) is 3. The second kappa shape index (κ2) is 7.67. The fourth-order valence-corrected chi connectivity index (χ4v) is 4.31. The average Bonchev–Trinajstić information content (AvgIpc) is 3.01. The maximum absolute atomic E-state index is 13.1. The Bertz CT molecular complexity index is 489. The maximum atomic E-state index is 13.1. The van der Waals surface area contributed by atoms with Crippen LogP contribution in [0.5, 0.6) is 0 Å². The van der Waals surface area contributed by atoms with Gasteiger partial charge in [0.2, 0.25) is 5.91 Å². The molecule has 0 radical (unpaired) electrons. The number of halogens is 1. The van der Waals surface area contributed by atoms with Crippen LogP contribution in [-0.2, 0) is 10.3 Å². The van der Waals surface area contributed by atoms with Gasteiger partial charge < -0.3 is 10.6 Å². The van der Waals surface area contributed by atoms with Gasteiger partial charge in [0.1, 0.15) is 5.54 Å². The Morgan fingerprint density at radius 1 is 1.22 bits per heavy atom. The number of amides is 1. The van der Waals surface area contributed by atoms with E-state index in [9.17, 15) is 4.79 Å². The molecule has 1 amide bonds. The Morgan fingerprint density at radius 2 is 1.87 bits per heavy atom. The van der Waals surface area contributed by atoms with Gasteiger partial charge in [0.05, 0.1) is 0 Å². The zero-order valence-corrected chi connectivity index (χ0v) is 14.9. The molecular formula is C17H29ClN4O. The van der Waals surface area contributed by atoms with Gasteiger partial charge in [0.25, 0.3) is 0 Å². The minimum atomic E-state index is -0.515. The summed E-state index contributed by atoms with van der Waals surface area (Å²) in [5.41, 5.74) is -0.515. The Labute approximate surface area is 145 Å². The molecule has 1 aliphatic carbocycles. The van der Waals surface area contributed by atoms with E-state index in [-0.39, 0.29) is 18.3 Å². The van der Waals surface area contributed by atoms with Crippen molar-refractivity contribution >= 4 is 18.3 Å². The van der Waals surface area contributed by atoms with E-state index in [2.05, 4.69) is 29.6 Å². The molecule has 1 saturated heterocycles. The van der Waals surface area contributed by atoms with Crippen LogP contribution in [0.4, 0.5) is 0 Å². The zero-order chi connectivity index (χ0) is 15.6. The Balaban J connectivity index is 0.00000192. The van der Waals surface area contributed by atoms with Crippen LogP contribution in [0.15, 0.2) is 18.5 Å². The predicted octanol–water partition coefficient (Wildman–Crippen LogP) is 2.32. The molecule has 0 aromatic carbocycles. The largest absolute Gasteiger partial charge is 0.351 e. The number of aromatic nitrogens is 2. The minimum absolute atomic E-state index is 0. The van der Waals surface area contributed by atoms with Crippen molar-refractivity contribution in [3.63, 3.8) is 0 Å². The molecule has 1 aromatic heterocycles. The fourth-order valence-electron chi connectivity index (χ4n) is 4.31. The van der Waals surface area contributed by atoms with Gasteiger partial charge >= 0.3 is 0 Å². The predicted molar refractivity (Wildman–Crippen MR) is 93.7 cm³/mol. The molecule has 6 heteroatoms. The first kappa shape index (κ1) is 18.3. The summed E-state index contributed by atoms with van der Waals surface area (Å²) in [7, 11) is 0. The lowest BCUT2D eigenvalue weighted by Gasteiger charge is -2.39. The highest BCUT2D eigenvalue weighted by atomic mass is 35.5. The Kier molecular flexibility index (Phi) is 6.09. The molecule has 2 fully saturated rings. The SMILES string of the molecule is CC1CC(C)CC(NC(=O)C2(n3cccn3)CCNCC2)C1.Cl. The molecule has 3 rings (SSSR count). The van der Waals surface area contributed by atoms with Crippen molar-refractivity contribution < 1.29 is 4.79 Å². The van der Waals surface area contributed by atoms with E-state index in [1.165, 1.54) is 6.42 Å². The molecule has 2 aliphatic rings. The number of nitrogens with zero attached hydrogens (tertiary/aromatic N) is 2. The lowest BCUT2D eigenvalue weighted by Crippen LogP contribution is -2.57. The molecule has 5 nitrogen and oxygen atoms in total. The number of carbonyl (C=O) groups is 1. The lowest BCUT2D eigenvalue weighted by atomic mass is 9.79. The van der Waals surface area contributed by atoms with Gasteiger partial charge in [-0.15, -0.1) is 12.4 Å². The summed E-state index contributed by atoms with van der Waals surface area (Å²) >= 11 is 0. The van der Waals surface area contributed by atoms with Crippen LogP contribution < -0.4 is 10.6 Å². The second-order valence-electron chi connectivity index (χ2n) is 7.32. The number of piperidine rings is 1. The third-order valence-corrected chi connectivity index (χ3v) is 5.31. The van der Waals surface area contributed by atoms with E-state index in [0.29, 0.717) is 17.9 Å². The Hall–Kier alpha value is -1.07. The van der Waals surface area contributed by atoms with Crippen LogP contribution >= 0.6 is 12.4 Å². The molecule has 23 heavy (non-hydrogen) atoms. The summed E-state index contributed by atoms with van der Waals surface area (Å²) in [6.07, 6.45) is 8.78. The average molecular weight is 341 g/mol. The number of hydrogen-bond donors (Lipinski definition) is 2. The molecule has 1 aliphatic heterocycles. The van der Waals surface area contributed by atoms with E-state index in [0.717, 1.165) is 38.8 Å². The van der Waals surface area contributed by atoms with E-state index in [1.54, 1.807) is 6.20 Å². The molecule has 130 valence electrons. The highest BCUT2D eigenvalue weighted by Gasteiger charge is 2.43. The van der Waals surface area contributed by atoms with Crippen LogP contribution in [0.2, 0.25) is 0 Å². The van der Waals surface area contributed by atoms with Gasteiger partial charge in [-0.25, -0.2) is 0 Å². The number of rotatable bonds is 3. The molecule has 1 saturated carbocycles. The molecular weight excluding hydrogens is 312 g/mol. The van der Waals surface area contributed by atoms with Crippen LogP contribution in [0.3, 0.4) is 0 Å². The number of carbonyl (C=O) groups excluding carboxylic acids is 1. The minimum Gasteiger partial charge on any atom is -0.351 e. The van der Waals surface area contributed by atoms with Crippen molar-refractivity contribution in [2.75, 3.05) is 13.1 Å². The van der Waals surface area contributed by atoms with Crippen molar-refractivity contribution in [3.05, 3.63) is 18.5 Å². The van der Waals surface area contributed by atoms with E-state index >= 15 is 0 Å². The van der Waals surface area contributed by atoms with Crippen molar-refractivity contribution in [1.82, 2.24) is 20.4 Å². The monoisotopic (exact) mass is 340 g/mol. The molecule has 0 bridgehead atoms. The van der Waals surface area contributed by atoms with Crippen LogP contribution in [-0.4, -0.2) is 34.8 Å². The molecule has 1 aromatic rings. The van der Waals surface area contributed by atoms with Crippen molar-refractivity contribution in [1.29, 1.82) is 0 Å². The summed E-state index contributed by atoms with van der Waals surface area (Å²) < 4.78 is 1.87. The van der Waals surface area contributed by atoms with Crippen LogP contribution in [0, 0.1) is 11.8 Å².